The van der Waals surface area contributed by atoms with Gasteiger partial charge in [-0.15, -0.1) is 0 Å². The summed E-state index contributed by atoms with van der Waals surface area (Å²) in [4.78, 5) is 10.6. The molecule has 3 nitrogen and oxygen atoms in total. The van der Waals surface area contributed by atoms with Gasteiger partial charge in [0.2, 0.25) is 0 Å². The summed E-state index contributed by atoms with van der Waals surface area (Å²) in [5.74, 6) is -0.978. The van der Waals surface area contributed by atoms with Gasteiger partial charge in [-0.3, -0.25) is 0 Å². The molecule has 0 fully saturated rings. The number of hydrogen-bond acceptors (Lipinski definition) is 2. The van der Waals surface area contributed by atoms with Crippen molar-refractivity contribution in [3.8, 4) is 0 Å². The first-order chi connectivity index (χ1) is 5.52. The number of nitrogen functional groups attached to an aromatic ring is 1. The van der Waals surface area contributed by atoms with Crippen LogP contribution in [0.5, 0.6) is 0 Å². The Morgan fingerprint density at radius 1 is 1.58 bits per heavy atom. The smallest absolute Gasteiger partial charge is 0.336 e. The van der Waals surface area contributed by atoms with Gasteiger partial charge in [0.1, 0.15) is 0 Å². The Kier molecular flexibility index (Phi) is 2.38. The zero-order valence-corrected chi connectivity index (χ0v) is 8.05. The second kappa shape index (κ2) is 3.15. The Balaban J connectivity index is 3.33. The van der Waals surface area contributed by atoms with Crippen molar-refractivity contribution in [3.05, 3.63) is 27.7 Å². The standard InChI is InChI=1S/C8H8BrNO2/c1-4-2-6(9)5(8(11)12)3-7(4)10/h2-3H,10H2,1H3,(H,11,12). The molecule has 0 aliphatic heterocycles. The topological polar surface area (TPSA) is 63.3 Å². The van der Waals surface area contributed by atoms with Crippen LogP contribution in [0.4, 0.5) is 5.69 Å². The van der Waals surface area contributed by atoms with Gasteiger partial charge in [0.15, 0.2) is 0 Å². The van der Waals surface area contributed by atoms with Crippen LogP contribution in [0.3, 0.4) is 0 Å². The van der Waals surface area contributed by atoms with E-state index in [9.17, 15) is 4.79 Å². The van der Waals surface area contributed by atoms with E-state index < -0.39 is 5.97 Å². The first-order valence-corrected chi connectivity index (χ1v) is 4.10. The van der Waals surface area contributed by atoms with E-state index in [1.807, 2.05) is 6.92 Å². The molecule has 1 aromatic carbocycles. The Morgan fingerprint density at radius 3 is 2.67 bits per heavy atom. The van der Waals surface area contributed by atoms with Gasteiger partial charge in [-0.25, -0.2) is 4.79 Å². The van der Waals surface area contributed by atoms with E-state index in [4.69, 9.17) is 10.8 Å². The molecule has 12 heavy (non-hydrogen) atoms. The van der Waals surface area contributed by atoms with E-state index in [0.29, 0.717) is 10.2 Å². The summed E-state index contributed by atoms with van der Waals surface area (Å²) in [5.41, 5.74) is 7.10. The zero-order chi connectivity index (χ0) is 9.30. The largest absolute Gasteiger partial charge is 0.478 e. The van der Waals surface area contributed by atoms with E-state index in [1.54, 1.807) is 6.07 Å². The normalized spacial score (nSPS) is 9.83. The zero-order valence-electron chi connectivity index (χ0n) is 6.47. The SMILES string of the molecule is Cc1cc(Br)c(C(=O)O)cc1N. The van der Waals surface area contributed by atoms with Gasteiger partial charge in [0.25, 0.3) is 0 Å². The van der Waals surface area contributed by atoms with Gasteiger partial charge < -0.3 is 10.8 Å². The quantitative estimate of drug-likeness (QED) is 0.725. The van der Waals surface area contributed by atoms with Gasteiger partial charge >= 0.3 is 5.97 Å². The summed E-state index contributed by atoms with van der Waals surface area (Å²) in [6.07, 6.45) is 0. The number of anilines is 1. The minimum absolute atomic E-state index is 0.193. The van der Waals surface area contributed by atoms with Crippen LogP contribution in [-0.2, 0) is 0 Å². The maximum atomic E-state index is 10.6. The van der Waals surface area contributed by atoms with Crippen LogP contribution < -0.4 is 5.73 Å². The second-order valence-corrected chi connectivity index (χ2v) is 3.35. The molecule has 0 aliphatic carbocycles. The molecule has 1 aromatic rings. The molecule has 0 aromatic heterocycles. The molecule has 64 valence electrons. The average Bonchev–Trinajstić information content (AvgIpc) is 1.96. The van der Waals surface area contributed by atoms with Gasteiger partial charge in [0.05, 0.1) is 5.56 Å². The maximum Gasteiger partial charge on any atom is 0.336 e. The summed E-state index contributed by atoms with van der Waals surface area (Å²) in [5, 5.41) is 8.70. The number of carboxylic acids is 1. The number of aromatic carboxylic acids is 1. The monoisotopic (exact) mass is 229 g/mol. The lowest BCUT2D eigenvalue weighted by Gasteiger charge is -2.03. The number of halogens is 1. The highest BCUT2D eigenvalue weighted by atomic mass is 79.9. The fourth-order valence-electron chi connectivity index (χ4n) is 0.853. The van der Waals surface area contributed by atoms with Crippen molar-refractivity contribution in [2.45, 2.75) is 6.92 Å². The Bertz CT molecular complexity index is 336. The summed E-state index contributed by atoms with van der Waals surface area (Å²) in [7, 11) is 0. The van der Waals surface area contributed by atoms with E-state index >= 15 is 0 Å². The molecule has 0 unspecified atom stereocenters. The van der Waals surface area contributed by atoms with Gasteiger partial charge in [0, 0.05) is 10.2 Å². The summed E-state index contributed by atoms with van der Waals surface area (Å²) >= 11 is 3.15. The van der Waals surface area contributed by atoms with E-state index in [0.717, 1.165) is 5.56 Å². The molecular weight excluding hydrogens is 222 g/mol. The third-order valence-corrected chi connectivity index (χ3v) is 2.24. The lowest BCUT2D eigenvalue weighted by Crippen LogP contribution is -2.00. The number of carbonyl (C=O) groups is 1. The van der Waals surface area contributed by atoms with E-state index in [2.05, 4.69) is 15.9 Å². The fourth-order valence-corrected chi connectivity index (χ4v) is 1.48. The molecule has 1 rings (SSSR count). The van der Waals surface area contributed by atoms with Gasteiger partial charge in [-0.05, 0) is 40.5 Å². The Morgan fingerprint density at radius 2 is 2.17 bits per heavy atom. The van der Waals surface area contributed by atoms with Crippen molar-refractivity contribution in [2.75, 3.05) is 5.73 Å². The molecule has 0 bridgehead atoms. The minimum Gasteiger partial charge on any atom is -0.478 e. The minimum atomic E-state index is -0.978. The number of hydrogen-bond donors (Lipinski definition) is 2. The van der Waals surface area contributed by atoms with Crippen LogP contribution in [0.1, 0.15) is 15.9 Å². The van der Waals surface area contributed by atoms with Crippen LogP contribution in [-0.4, -0.2) is 11.1 Å². The molecule has 0 spiro atoms. The van der Waals surface area contributed by atoms with Crippen molar-refractivity contribution in [1.82, 2.24) is 0 Å². The van der Waals surface area contributed by atoms with Crippen LogP contribution in [0, 0.1) is 6.92 Å². The predicted molar refractivity (Wildman–Crippen MR) is 50.3 cm³/mol. The number of benzene rings is 1. The lowest BCUT2D eigenvalue weighted by atomic mass is 10.1. The maximum absolute atomic E-state index is 10.6. The van der Waals surface area contributed by atoms with Crippen molar-refractivity contribution in [3.63, 3.8) is 0 Å². The average molecular weight is 230 g/mol. The third-order valence-electron chi connectivity index (χ3n) is 1.59. The third kappa shape index (κ3) is 1.58. The first-order valence-electron chi connectivity index (χ1n) is 3.31. The second-order valence-electron chi connectivity index (χ2n) is 2.49. The number of carboxylic acid groups (broad SMARTS) is 1. The predicted octanol–water partition coefficient (Wildman–Crippen LogP) is 2.04. The van der Waals surface area contributed by atoms with Gasteiger partial charge in [-0.2, -0.15) is 0 Å². The number of aryl methyl sites for hydroxylation is 1. The molecule has 0 aliphatic rings. The van der Waals surface area contributed by atoms with Crippen LogP contribution >= 0.6 is 15.9 Å². The Hall–Kier alpha value is -1.03. The highest BCUT2D eigenvalue weighted by Gasteiger charge is 2.09. The fraction of sp³-hybridized carbons (Fsp3) is 0.125. The lowest BCUT2D eigenvalue weighted by molar-refractivity contribution is 0.0696. The number of rotatable bonds is 1. The molecule has 0 atom stereocenters. The number of nitrogens with two attached hydrogens (primary N) is 1. The van der Waals surface area contributed by atoms with Crippen LogP contribution in [0.2, 0.25) is 0 Å². The molecule has 0 radical (unpaired) electrons. The van der Waals surface area contributed by atoms with Crippen molar-refractivity contribution in [2.24, 2.45) is 0 Å². The summed E-state index contributed by atoms with van der Waals surface area (Å²) < 4.78 is 0.557. The molecule has 0 saturated carbocycles. The molecule has 3 N–H and O–H groups in total. The van der Waals surface area contributed by atoms with Crippen molar-refractivity contribution < 1.29 is 9.90 Å². The van der Waals surface area contributed by atoms with Crippen molar-refractivity contribution >= 4 is 27.6 Å². The van der Waals surface area contributed by atoms with Crippen LogP contribution in [0.25, 0.3) is 0 Å². The van der Waals surface area contributed by atoms with Crippen molar-refractivity contribution in [1.29, 1.82) is 0 Å². The van der Waals surface area contributed by atoms with Crippen LogP contribution in [0.15, 0.2) is 16.6 Å². The molecule has 0 heterocycles. The first kappa shape index (κ1) is 9.06. The molecule has 0 amide bonds. The summed E-state index contributed by atoms with van der Waals surface area (Å²) in [6.45, 7) is 1.83. The molecule has 0 saturated heterocycles. The van der Waals surface area contributed by atoms with E-state index in [-0.39, 0.29) is 5.56 Å². The summed E-state index contributed by atoms with van der Waals surface area (Å²) in [6, 6.07) is 3.14. The van der Waals surface area contributed by atoms with E-state index in [1.165, 1.54) is 6.07 Å². The molecular formula is C8H8BrNO2. The Labute approximate surface area is 78.3 Å². The molecule has 4 heteroatoms. The highest BCUT2D eigenvalue weighted by Crippen LogP contribution is 2.22. The highest BCUT2D eigenvalue weighted by molar-refractivity contribution is 9.10. The van der Waals surface area contributed by atoms with Gasteiger partial charge in [-0.1, -0.05) is 0 Å².